The molecule has 1 aromatic heterocycles. The second-order valence-electron chi connectivity index (χ2n) is 6.90. The molecule has 0 atom stereocenters. The van der Waals surface area contributed by atoms with E-state index in [2.05, 4.69) is 39.2 Å². The summed E-state index contributed by atoms with van der Waals surface area (Å²) in [6.07, 6.45) is 2.48. The molecule has 0 saturated carbocycles. The van der Waals surface area contributed by atoms with Gasteiger partial charge in [-0.1, -0.05) is 30.3 Å². The van der Waals surface area contributed by atoms with Gasteiger partial charge in [-0.3, -0.25) is 4.79 Å². The van der Waals surface area contributed by atoms with E-state index in [9.17, 15) is 4.79 Å². The molecule has 6 nitrogen and oxygen atoms in total. The van der Waals surface area contributed by atoms with E-state index >= 15 is 0 Å². The predicted molar refractivity (Wildman–Crippen MR) is 109 cm³/mol. The molecular formula is C21H29N5O. The van der Waals surface area contributed by atoms with Crippen molar-refractivity contribution < 1.29 is 4.79 Å². The van der Waals surface area contributed by atoms with Gasteiger partial charge in [-0.25, -0.2) is 9.97 Å². The van der Waals surface area contributed by atoms with Crippen LogP contribution in [0.4, 0.5) is 11.6 Å². The Hall–Kier alpha value is -2.63. The lowest BCUT2D eigenvalue weighted by atomic mass is 10.1. The standard InChI is InChI=1S/C21H29N5O/c1-3-22-19-16-20(24-17(2)23-19)25-12-14-26(15-13-25)21(27)11-7-10-18-8-5-4-6-9-18/h4-6,8-9,16H,3,7,10-15H2,1-2H3,(H,22,23,24). The van der Waals surface area contributed by atoms with Gasteiger partial charge in [0, 0.05) is 45.2 Å². The summed E-state index contributed by atoms with van der Waals surface area (Å²) in [5, 5.41) is 3.25. The van der Waals surface area contributed by atoms with E-state index in [-0.39, 0.29) is 5.91 Å². The number of aromatic nitrogens is 2. The minimum Gasteiger partial charge on any atom is -0.370 e. The molecule has 144 valence electrons. The highest BCUT2D eigenvalue weighted by atomic mass is 16.2. The number of aryl methyl sites for hydroxylation is 2. The first kappa shape index (κ1) is 19.1. The summed E-state index contributed by atoms with van der Waals surface area (Å²) >= 11 is 0. The lowest BCUT2D eigenvalue weighted by molar-refractivity contribution is -0.131. The van der Waals surface area contributed by atoms with E-state index in [1.54, 1.807) is 0 Å². The van der Waals surface area contributed by atoms with Crippen LogP contribution in [0.2, 0.25) is 0 Å². The zero-order valence-electron chi connectivity index (χ0n) is 16.3. The number of carbonyl (C=O) groups is 1. The average molecular weight is 367 g/mol. The zero-order valence-corrected chi connectivity index (χ0v) is 16.3. The van der Waals surface area contributed by atoms with Crippen molar-refractivity contribution in [2.24, 2.45) is 0 Å². The van der Waals surface area contributed by atoms with Crippen LogP contribution in [0.5, 0.6) is 0 Å². The molecule has 1 aliphatic heterocycles. The van der Waals surface area contributed by atoms with Crippen LogP contribution in [-0.4, -0.2) is 53.5 Å². The van der Waals surface area contributed by atoms with Gasteiger partial charge in [0.1, 0.15) is 17.5 Å². The van der Waals surface area contributed by atoms with Crippen molar-refractivity contribution in [1.82, 2.24) is 14.9 Å². The molecule has 6 heteroatoms. The van der Waals surface area contributed by atoms with Crippen LogP contribution >= 0.6 is 0 Å². The summed E-state index contributed by atoms with van der Waals surface area (Å²) < 4.78 is 0. The quantitative estimate of drug-likeness (QED) is 0.815. The van der Waals surface area contributed by atoms with E-state index in [0.29, 0.717) is 6.42 Å². The predicted octanol–water partition coefficient (Wildman–Crippen LogP) is 2.89. The number of rotatable bonds is 7. The molecular weight excluding hydrogens is 338 g/mol. The SMILES string of the molecule is CCNc1cc(N2CCN(C(=O)CCCc3ccccc3)CC2)nc(C)n1. The summed E-state index contributed by atoms with van der Waals surface area (Å²) in [6.45, 7) is 7.93. The minimum absolute atomic E-state index is 0.262. The smallest absolute Gasteiger partial charge is 0.222 e. The van der Waals surface area contributed by atoms with Crippen molar-refractivity contribution in [2.75, 3.05) is 42.9 Å². The van der Waals surface area contributed by atoms with Gasteiger partial charge in [0.25, 0.3) is 0 Å². The maximum atomic E-state index is 12.5. The lowest BCUT2D eigenvalue weighted by Gasteiger charge is -2.35. The van der Waals surface area contributed by atoms with Crippen molar-refractivity contribution in [1.29, 1.82) is 0 Å². The van der Waals surface area contributed by atoms with Crippen LogP contribution in [0, 0.1) is 6.92 Å². The number of nitrogens with one attached hydrogen (secondary N) is 1. The second kappa shape index (κ2) is 9.35. The normalized spacial score (nSPS) is 14.3. The first-order chi connectivity index (χ1) is 13.2. The summed E-state index contributed by atoms with van der Waals surface area (Å²) in [7, 11) is 0. The third kappa shape index (κ3) is 5.42. The molecule has 0 radical (unpaired) electrons. The fourth-order valence-electron chi connectivity index (χ4n) is 3.42. The van der Waals surface area contributed by atoms with E-state index in [0.717, 1.165) is 63.0 Å². The van der Waals surface area contributed by atoms with Gasteiger partial charge < -0.3 is 15.1 Å². The zero-order chi connectivity index (χ0) is 19.1. The lowest BCUT2D eigenvalue weighted by Crippen LogP contribution is -2.49. The number of carbonyl (C=O) groups excluding carboxylic acids is 1. The Kier molecular flexibility index (Phi) is 6.63. The maximum Gasteiger partial charge on any atom is 0.222 e. The Labute approximate surface area is 161 Å². The Morgan fingerprint density at radius 1 is 1.11 bits per heavy atom. The molecule has 2 heterocycles. The number of hydrogen-bond donors (Lipinski definition) is 1. The van der Waals surface area contributed by atoms with Crippen LogP contribution in [-0.2, 0) is 11.2 Å². The van der Waals surface area contributed by atoms with E-state index < -0.39 is 0 Å². The molecule has 1 fully saturated rings. The molecule has 1 aliphatic rings. The molecule has 0 spiro atoms. The van der Waals surface area contributed by atoms with Crippen molar-refractivity contribution in [2.45, 2.75) is 33.1 Å². The van der Waals surface area contributed by atoms with E-state index in [1.807, 2.05) is 36.1 Å². The van der Waals surface area contributed by atoms with Crippen molar-refractivity contribution in [3.8, 4) is 0 Å². The van der Waals surface area contributed by atoms with Crippen molar-refractivity contribution >= 4 is 17.5 Å². The van der Waals surface area contributed by atoms with Crippen LogP contribution < -0.4 is 10.2 Å². The van der Waals surface area contributed by atoms with Crippen LogP contribution in [0.1, 0.15) is 31.2 Å². The fourth-order valence-corrected chi connectivity index (χ4v) is 3.42. The summed E-state index contributed by atoms with van der Waals surface area (Å²) in [5.41, 5.74) is 1.30. The summed E-state index contributed by atoms with van der Waals surface area (Å²) in [5.74, 6) is 2.83. The molecule has 1 saturated heterocycles. The number of nitrogens with zero attached hydrogens (tertiary/aromatic N) is 4. The van der Waals surface area contributed by atoms with Gasteiger partial charge in [-0.2, -0.15) is 0 Å². The van der Waals surface area contributed by atoms with E-state index in [4.69, 9.17) is 0 Å². The summed E-state index contributed by atoms with van der Waals surface area (Å²) in [4.78, 5) is 25.7. The van der Waals surface area contributed by atoms with Gasteiger partial charge in [-0.15, -0.1) is 0 Å². The number of benzene rings is 1. The molecule has 0 bridgehead atoms. The molecule has 0 unspecified atom stereocenters. The molecule has 0 aliphatic carbocycles. The van der Waals surface area contributed by atoms with Crippen LogP contribution in [0.3, 0.4) is 0 Å². The van der Waals surface area contributed by atoms with Crippen molar-refractivity contribution in [3.05, 3.63) is 47.8 Å². The van der Waals surface area contributed by atoms with Crippen molar-refractivity contribution in [3.63, 3.8) is 0 Å². The van der Waals surface area contributed by atoms with E-state index in [1.165, 1.54) is 5.56 Å². The highest BCUT2D eigenvalue weighted by Gasteiger charge is 2.22. The van der Waals surface area contributed by atoms with Crippen LogP contribution in [0.15, 0.2) is 36.4 Å². The molecule has 3 rings (SSSR count). The Balaban J connectivity index is 1.47. The summed E-state index contributed by atoms with van der Waals surface area (Å²) in [6, 6.07) is 12.4. The third-order valence-corrected chi connectivity index (χ3v) is 4.84. The average Bonchev–Trinajstić information content (AvgIpc) is 2.69. The first-order valence-electron chi connectivity index (χ1n) is 9.82. The molecule has 1 amide bonds. The Morgan fingerprint density at radius 3 is 2.56 bits per heavy atom. The Morgan fingerprint density at radius 2 is 1.85 bits per heavy atom. The fraction of sp³-hybridized carbons (Fsp3) is 0.476. The largest absolute Gasteiger partial charge is 0.370 e. The van der Waals surface area contributed by atoms with Gasteiger partial charge in [0.15, 0.2) is 0 Å². The second-order valence-corrected chi connectivity index (χ2v) is 6.90. The van der Waals surface area contributed by atoms with Gasteiger partial charge >= 0.3 is 0 Å². The molecule has 2 aromatic rings. The number of amides is 1. The van der Waals surface area contributed by atoms with Crippen LogP contribution in [0.25, 0.3) is 0 Å². The first-order valence-corrected chi connectivity index (χ1v) is 9.82. The van der Waals surface area contributed by atoms with Gasteiger partial charge in [-0.05, 0) is 32.3 Å². The highest BCUT2D eigenvalue weighted by molar-refractivity contribution is 5.76. The Bertz CT molecular complexity index is 741. The highest BCUT2D eigenvalue weighted by Crippen LogP contribution is 2.18. The van der Waals surface area contributed by atoms with Gasteiger partial charge in [0.2, 0.25) is 5.91 Å². The molecule has 1 aromatic carbocycles. The maximum absolute atomic E-state index is 12.5. The monoisotopic (exact) mass is 367 g/mol. The number of piperazine rings is 1. The number of anilines is 2. The molecule has 1 N–H and O–H groups in total. The van der Waals surface area contributed by atoms with Gasteiger partial charge in [0.05, 0.1) is 0 Å². The topological polar surface area (TPSA) is 61.4 Å². The minimum atomic E-state index is 0.262. The number of hydrogen-bond acceptors (Lipinski definition) is 5. The third-order valence-electron chi connectivity index (χ3n) is 4.84. The molecule has 27 heavy (non-hydrogen) atoms.